The summed E-state index contributed by atoms with van der Waals surface area (Å²) in [6, 6.07) is 6.28. The summed E-state index contributed by atoms with van der Waals surface area (Å²) in [6.45, 7) is 3.27. The molecule has 15 heavy (non-hydrogen) atoms. The monoisotopic (exact) mass is 203 g/mol. The second-order valence-electron chi connectivity index (χ2n) is 3.81. The fraction of sp³-hybridized carbons (Fsp3) is 0.417. The van der Waals surface area contributed by atoms with Crippen molar-refractivity contribution < 1.29 is 0 Å². The second kappa shape index (κ2) is 4.82. The van der Waals surface area contributed by atoms with Crippen molar-refractivity contribution in [3.63, 3.8) is 0 Å². The van der Waals surface area contributed by atoms with Crippen LogP contribution < -0.4 is 5.32 Å². The van der Waals surface area contributed by atoms with E-state index >= 15 is 0 Å². The number of aromatic amines is 1. The van der Waals surface area contributed by atoms with Crippen molar-refractivity contribution in [3.8, 4) is 0 Å². The first-order valence-electron chi connectivity index (χ1n) is 5.57. The molecule has 2 aromatic rings. The second-order valence-corrected chi connectivity index (χ2v) is 3.81. The summed E-state index contributed by atoms with van der Waals surface area (Å²) in [5.41, 5.74) is 2.27. The summed E-state index contributed by atoms with van der Waals surface area (Å²) in [5, 5.41) is 11.5. The molecule has 3 heteroatoms. The summed E-state index contributed by atoms with van der Waals surface area (Å²) in [6.07, 6.45) is 5.65. The fourth-order valence-corrected chi connectivity index (χ4v) is 1.66. The van der Waals surface area contributed by atoms with Gasteiger partial charge in [0.15, 0.2) is 0 Å². The molecule has 1 heterocycles. The Bertz CT molecular complexity index is 419. The van der Waals surface area contributed by atoms with Crippen molar-refractivity contribution in [2.45, 2.75) is 26.2 Å². The van der Waals surface area contributed by atoms with Crippen LogP contribution in [0.3, 0.4) is 0 Å². The number of benzene rings is 1. The molecule has 0 unspecified atom stereocenters. The third-order valence-corrected chi connectivity index (χ3v) is 2.55. The minimum Gasteiger partial charge on any atom is -0.385 e. The van der Waals surface area contributed by atoms with Crippen molar-refractivity contribution >= 4 is 16.6 Å². The van der Waals surface area contributed by atoms with E-state index in [9.17, 15) is 0 Å². The molecular weight excluding hydrogens is 186 g/mol. The highest BCUT2D eigenvalue weighted by Gasteiger charge is 1.96. The van der Waals surface area contributed by atoms with Crippen molar-refractivity contribution in [3.05, 3.63) is 24.4 Å². The standard InChI is InChI=1S/C12H17N3/c1-2-3-4-7-13-11-5-6-12-10(8-11)9-14-15-12/h5-6,8-9,13H,2-4,7H2,1H3,(H,14,15). The van der Waals surface area contributed by atoms with Crippen molar-refractivity contribution in [1.82, 2.24) is 10.2 Å². The summed E-state index contributed by atoms with van der Waals surface area (Å²) in [5.74, 6) is 0. The van der Waals surface area contributed by atoms with Crippen molar-refractivity contribution in [2.75, 3.05) is 11.9 Å². The summed E-state index contributed by atoms with van der Waals surface area (Å²) in [4.78, 5) is 0. The predicted octanol–water partition coefficient (Wildman–Crippen LogP) is 3.17. The molecule has 0 atom stereocenters. The van der Waals surface area contributed by atoms with Gasteiger partial charge in [0.05, 0.1) is 11.7 Å². The number of hydrogen-bond donors (Lipinski definition) is 2. The number of aromatic nitrogens is 2. The molecule has 0 aliphatic rings. The zero-order valence-corrected chi connectivity index (χ0v) is 9.09. The van der Waals surface area contributed by atoms with Crippen LogP contribution in [0.15, 0.2) is 24.4 Å². The lowest BCUT2D eigenvalue weighted by atomic mass is 10.2. The SMILES string of the molecule is CCCCCNc1ccc2[nH]ncc2c1. The highest BCUT2D eigenvalue weighted by Crippen LogP contribution is 2.16. The summed E-state index contributed by atoms with van der Waals surface area (Å²) < 4.78 is 0. The molecule has 0 radical (unpaired) electrons. The molecule has 3 nitrogen and oxygen atoms in total. The minimum absolute atomic E-state index is 1.05. The first kappa shape index (κ1) is 10.0. The number of H-pyrrole nitrogens is 1. The molecule has 0 aliphatic heterocycles. The smallest absolute Gasteiger partial charge is 0.0651 e. The number of fused-ring (bicyclic) bond motifs is 1. The van der Waals surface area contributed by atoms with E-state index in [1.165, 1.54) is 24.9 Å². The Hall–Kier alpha value is -1.51. The van der Waals surface area contributed by atoms with Gasteiger partial charge >= 0.3 is 0 Å². The molecule has 0 fully saturated rings. The number of rotatable bonds is 5. The number of nitrogens with one attached hydrogen (secondary N) is 2. The molecule has 2 rings (SSSR count). The molecule has 1 aromatic heterocycles. The van der Waals surface area contributed by atoms with Gasteiger partial charge in [0, 0.05) is 17.6 Å². The molecule has 80 valence electrons. The van der Waals surface area contributed by atoms with Gasteiger partial charge in [0.25, 0.3) is 0 Å². The predicted molar refractivity (Wildman–Crippen MR) is 64.1 cm³/mol. The first-order valence-corrected chi connectivity index (χ1v) is 5.57. The minimum atomic E-state index is 1.05. The molecule has 2 N–H and O–H groups in total. The van der Waals surface area contributed by atoms with Crippen LogP contribution >= 0.6 is 0 Å². The van der Waals surface area contributed by atoms with Gasteiger partial charge in [-0.1, -0.05) is 19.8 Å². The maximum Gasteiger partial charge on any atom is 0.0651 e. The van der Waals surface area contributed by atoms with Crippen molar-refractivity contribution in [1.29, 1.82) is 0 Å². The lowest BCUT2D eigenvalue weighted by Gasteiger charge is -2.05. The highest BCUT2D eigenvalue weighted by molar-refractivity contribution is 5.81. The lowest BCUT2D eigenvalue weighted by Crippen LogP contribution is -2.00. The normalized spacial score (nSPS) is 10.7. The Kier molecular flexibility index (Phi) is 3.22. The van der Waals surface area contributed by atoms with E-state index in [1.807, 2.05) is 6.20 Å². The molecule has 0 saturated heterocycles. The largest absolute Gasteiger partial charge is 0.385 e. The summed E-state index contributed by atoms with van der Waals surface area (Å²) >= 11 is 0. The van der Waals surface area contributed by atoms with E-state index in [1.54, 1.807) is 0 Å². The zero-order valence-electron chi connectivity index (χ0n) is 9.09. The van der Waals surface area contributed by atoms with Crippen LogP contribution in [0.25, 0.3) is 10.9 Å². The van der Waals surface area contributed by atoms with Gasteiger partial charge in [-0.15, -0.1) is 0 Å². The summed E-state index contributed by atoms with van der Waals surface area (Å²) in [7, 11) is 0. The van der Waals surface area contributed by atoms with Crippen LogP contribution in [0, 0.1) is 0 Å². The number of nitrogens with zero attached hydrogens (tertiary/aromatic N) is 1. The molecule has 0 bridgehead atoms. The Balaban J connectivity index is 1.96. The topological polar surface area (TPSA) is 40.7 Å². The van der Waals surface area contributed by atoms with Crippen LogP contribution in [-0.4, -0.2) is 16.7 Å². The van der Waals surface area contributed by atoms with Crippen LogP contribution in [0.1, 0.15) is 26.2 Å². The fourth-order valence-electron chi connectivity index (χ4n) is 1.66. The maximum absolute atomic E-state index is 4.00. The number of anilines is 1. The van der Waals surface area contributed by atoms with E-state index in [-0.39, 0.29) is 0 Å². The average Bonchev–Trinajstić information content (AvgIpc) is 2.71. The van der Waals surface area contributed by atoms with Gasteiger partial charge in [-0.05, 0) is 24.6 Å². The zero-order chi connectivity index (χ0) is 10.5. The van der Waals surface area contributed by atoms with E-state index in [2.05, 4.69) is 40.6 Å². The highest BCUT2D eigenvalue weighted by atomic mass is 15.1. The Morgan fingerprint density at radius 1 is 1.33 bits per heavy atom. The van der Waals surface area contributed by atoms with Crippen LogP contribution in [0.2, 0.25) is 0 Å². The van der Waals surface area contributed by atoms with Gasteiger partial charge in [0.2, 0.25) is 0 Å². The van der Waals surface area contributed by atoms with Gasteiger partial charge in [-0.25, -0.2) is 0 Å². The molecule has 0 spiro atoms. The Morgan fingerprint density at radius 3 is 3.13 bits per heavy atom. The molecule has 1 aromatic carbocycles. The van der Waals surface area contributed by atoms with Crippen LogP contribution in [0.4, 0.5) is 5.69 Å². The third-order valence-electron chi connectivity index (χ3n) is 2.55. The average molecular weight is 203 g/mol. The molecule has 0 amide bonds. The lowest BCUT2D eigenvalue weighted by molar-refractivity contribution is 0.744. The number of unbranched alkanes of at least 4 members (excludes halogenated alkanes) is 2. The quantitative estimate of drug-likeness (QED) is 0.733. The van der Waals surface area contributed by atoms with E-state index in [0.717, 1.165) is 17.4 Å². The van der Waals surface area contributed by atoms with E-state index in [0.29, 0.717) is 0 Å². The molecule has 0 saturated carbocycles. The van der Waals surface area contributed by atoms with E-state index in [4.69, 9.17) is 0 Å². The van der Waals surface area contributed by atoms with Gasteiger partial charge in [-0.3, -0.25) is 5.10 Å². The van der Waals surface area contributed by atoms with Gasteiger partial charge in [-0.2, -0.15) is 5.10 Å². The maximum atomic E-state index is 4.00. The van der Waals surface area contributed by atoms with Crippen LogP contribution in [0.5, 0.6) is 0 Å². The van der Waals surface area contributed by atoms with Crippen LogP contribution in [-0.2, 0) is 0 Å². The first-order chi connectivity index (χ1) is 7.40. The Labute approximate surface area is 89.9 Å². The van der Waals surface area contributed by atoms with E-state index < -0.39 is 0 Å². The molecular formula is C12H17N3. The van der Waals surface area contributed by atoms with Gasteiger partial charge in [0.1, 0.15) is 0 Å². The molecule has 0 aliphatic carbocycles. The van der Waals surface area contributed by atoms with Gasteiger partial charge < -0.3 is 5.32 Å². The Morgan fingerprint density at radius 2 is 2.27 bits per heavy atom. The van der Waals surface area contributed by atoms with Crippen molar-refractivity contribution in [2.24, 2.45) is 0 Å². The third kappa shape index (κ3) is 2.49. The number of hydrogen-bond acceptors (Lipinski definition) is 2.